The van der Waals surface area contributed by atoms with Crippen molar-refractivity contribution in [3.05, 3.63) is 150 Å². The van der Waals surface area contributed by atoms with E-state index in [4.69, 9.17) is 4.98 Å². The minimum absolute atomic E-state index is 0.639. The van der Waals surface area contributed by atoms with Crippen LogP contribution in [0.15, 0.2) is 134 Å². The number of allylic oxidation sites excluding steroid dienone is 1. The van der Waals surface area contributed by atoms with Crippen molar-refractivity contribution in [1.82, 2.24) is 4.98 Å². The predicted molar refractivity (Wildman–Crippen MR) is 182 cm³/mol. The number of nitriles is 1. The maximum Gasteiger partial charge on any atom is 0.0991 e. The van der Waals surface area contributed by atoms with Crippen LogP contribution in [0, 0.1) is 11.3 Å². The topological polar surface area (TPSA) is 36.7 Å². The second-order valence-corrected chi connectivity index (χ2v) is 10.7. The number of fused-ring (bicyclic) bond motifs is 3. The molecule has 0 aliphatic rings. The molecule has 0 amide bonds. The highest BCUT2D eigenvalue weighted by atomic mass is 14.7. The van der Waals surface area contributed by atoms with Crippen LogP contribution in [0.3, 0.4) is 0 Å². The first-order valence-corrected chi connectivity index (χ1v) is 14.4. The predicted octanol–water partition coefficient (Wildman–Crippen LogP) is 9.18. The first-order valence-electron chi connectivity index (χ1n) is 14.4. The Morgan fingerprint density at radius 2 is 1.23 bits per heavy atom. The lowest BCUT2D eigenvalue weighted by atomic mass is 9.91. The molecule has 0 saturated carbocycles. The van der Waals surface area contributed by atoms with E-state index in [9.17, 15) is 5.26 Å². The van der Waals surface area contributed by atoms with Gasteiger partial charge in [-0.25, -0.2) is 4.98 Å². The van der Waals surface area contributed by atoms with E-state index in [0.29, 0.717) is 5.56 Å². The van der Waals surface area contributed by atoms with Gasteiger partial charge in [0.15, 0.2) is 0 Å². The highest BCUT2D eigenvalue weighted by Gasteiger charge is 2.15. The molecule has 0 aliphatic heterocycles. The molecule has 6 aromatic carbocycles. The highest BCUT2D eigenvalue weighted by molar-refractivity contribution is 6.02. The van der Waals surface area contributed by atoms with Crippen molar-refractivity contribution in [3.8, 4) is 39.6 Å². The molecule has 0 atom stereocenters. The van der Waals surface area contributed by atoms with Crippen molar-refractivity contribution in [2.75, 3.05) is 0 Å². The number of benzene rings is 6. The van der Waals surface area contributed by atoms with Crippen molar-refractivity contribution in [3.63, 3.8) is 0 Å². The standard InChI is InChI=1S/C41H28N2/c1-3-9-36-35(4-2)41-39(24-37(36)30-16-14-27(26-42)15-17-30)38(33-20-18-28-10-5-7-12-31(28)22-33)25-40(43-41)34-21-19-29-11-6-8-13-32(29)23-34/h3-25H,1H2,2H3/b35-4+,36-9+. The third-order valence-electron chi connectivity index (χ3n) is 8.19. The summed E-state index contributed by atoms with van der Waals surface area (Å²) in [6, 6.07) is 44.7. The molecule has 202 valence electrons. The van der Waals surface area contributed by atoms with Crippen LogP contribution >= 0.6 is 0 Å². The van der Waals surface area contributed by atoms with Gasteiger partial charge in [0.1, 0.15) is 0 Å². The average Bonchev–Trinajstić information content (AvgIpc) is 3.07. The van der Waals surface area contributed by atoms with Gasteiger partial charge in [-0.15, -0.1) is 0 Å². The number of aromatic nitrogens is 1. The van der Waals surface area contributed by atoms with Crippen LogP contribution in [0.1, 0.15) is 12.5 Å². The van der Waals surface area contributed by atoms with E-state index < -0.39 is 0 Å². The lowest BCUT2D eigenvalue weighted by molar-refractivity contribution is 1.37. The highest BCUT2D eigenvalue weighted by Crippen LogP contribution is 2.35. The summed E-state index contributed by atoms with van der Waals surface area (Å²) in [5, 5.41) is 17.4. The van der Waals surface area contributed by atoms with Crippen LogP contribution in [0.2, 0.25) is 0 Å². The summed E-state index contributed by atoms with van der Waals surface area (Å²) in [5.41, 5.74) is 7.98. The Kier molecular flexibility index (Phi) is 6.62. The molecule has 7 rings (SSSR count). The summed E-state index contributed by atoms with van der Waals surface area (Å²) in [6.07, 6.45) is 6.04. The number of hydrogen-bond donors (Lipinski definition) is 0. The van der Waals surface area contributed by atoms with Crippen LogP contribution < -0.4 is 10.4 Å². The third kappa shape index (κ3) is 4.68. The largest absolute Gasteiger partial charge is 0.247 e. The molecular weight excluding hydrogens is 520 g/mol. The summed E-state index contributed by atoms with van der Waals surface area (Å²) in [6.45, 7) is 6.10. The zero-order chi connectivity index (χ0) is 29.3. The van der Waals surface area contributed by atoms with Crippen molar-refractivity contribution in [2.24, 2.45) is 0 Å². The lowest BCUT2D eigenvalue weighted by Crippen LogP contribution is -2.28. The maximum atomic E-state index is 9.39. The molecule has 0 radical (unpaired) electrons. The molecule has 0 N–H and O–H groups in total. The molecule has 0 bridgehead atoms. The normalized spacial score (nSPS) is 12.2. The minimum atomic E-state index is 0.639. The average molecular weight is 549 g/mol. The van der Waals surface area contributed by atoms with E-state index in [1.165, 1.54) is 21.5 Å². The number of nitrogens with zero attached hydrogens (tertiary/aromatic N) is 2. The second kappa shape index (κ2) is 10.9. The van der Waals surface area contributed by atoms with Crippen molar-refractivity contribution in [1.29, 1.82) is 5.26 Å². The third-order valence-corrected chi connectivity index (χ3v) is 8.19. The monoisotopic (exact) mass is 548 g/mol. The Balaban J connectivity index is 1.60. The van der Waals surface area contributed by atoms with E-state index >= 15 is 0 Å². The van der Waals surface area contributed by atoms with E-state index in [1.54, 1.807) is 0 Å². The SMILES string of the molecule is C=C/C=c1/c(-c2ccc(C#N)cc2)cc2c(-c3ccc4ccccc4c3)cc(-c3ccc4ccccc4c3)nc2/c1=C/C. The fraction of sp³-hybridized carbons (Fsp3) is 0.0244. The Bertz CT molecular complexity index is 2370. The molecule has 0 saturated heterocycles. The van der Waals surface area contributed by atoms with Crippen molar-refractivity contribution < 1.29 is 0 Å². The Morgan fingerprint density at radius 1 is 0.628 bits per heavy atom. The molecule has 7 aromatic rings. The van der Waals surface area contributed by atoms with Crippen LogP contribution in [-0.2, 0) is 0 Å². The van der Waals surface area contributed by atoms with Gasteiger partial charge in [-0.05, 0) is 92.3 Å². The fourth-order valence-corrected chi connectivity index (χ4v) is 6.05. The molecule has 1 heterocycles. The molecule has 2 nitrogen and oxygen atoms in total. The van der Waals surface area contributed by atoms with Crippen molar-refractivity contribution >= 4 is 44.6 Å². The van der Waals surface area contributed by atoms with E-state index in [2.05, 4.69) is 129 Å². The Hall–Kier alpha value is -5.78. The molecule has 1 aromatic heterocycles. The molecule has 0 spiro atoms. The zero-order valence-corrected chi connectivity index (χ0v) is 23.9. The molecule has 0 aliphatic carbocycles. The molecule has 0 fully saturated rings. The van der Waals surface area contributed by atoms with Crippen LogP contribution in [-0.4, -0.2) is 4.98 Å². The van der Waals surface area contributed by atoms with Gasteiger partial charge < -0.3 is 0 Å². The van der Waals surface area contributed by atoms with Crippen molar-refractivity contribution in [2.45, 2.75) is 6.92 Å². The van der Waals surface area contributed by atoms with Gasteiger partial charge in [0.05, 0.1) is 22.8 Å². The number of hydrogen-bond acceptors (Lipinski definition) is 2. The fourth-order valence-electron chi connectivity index (χ4n) is 6.05. The molecule has 43 heavy (non-hydrogen) atoms. The summed E-state index contributed by atoms with van der Waals surface area (Å²) >= 11 is 0. The Morgan fingerprint density at radius 3 is 1.86 bits per heavy atom. The van der Waals surface area contributed by atoms with E-state index in [-0.39, 0.29) is 0 Å². The summed E-state index contributed by atoms with van der Waals surface area (Å²) in [4.78, 5) is 5.35. The van der Waals surface area contributed by atoms with Gasteiger partial charge in [-0.1, -0.05) is 110 Å². The second-order valence-electron chi connectivity index (χ2n) is 10.7. The quantitative estimate of drug-likeness (QED) is 0.220. The Labute approximate surface area is 250 Å². The molecular formula is C41H28N2. The number of pyridine rings is 1. The minimum Gasteiger partial charge on any atom is -0.247 e. The maximum absolute atomic E-state index is 9.39. The summed E-state index contributed by atoms with van der Waals surface area (Å²) in [5.74, 6) is 0. The van der Waals surface area contributed by atoms with Crippen LogP contribution in [0.4, 0.5) is 0 Å². The summed E-state index contributed by atoms with van der Waals surface area (Å²) < 4.78 is 0. The van der Waals surface area contributed by atoms with Gasteiger partial charge in [-0.3, -0.25) is 0 Å². The molecule has 2 heteroatoms. The van der Waals surface area contributed by atoms with Crippen LogP contribution in [0.25, 0.3) is 78.1 Å². The van der Waals surface area contributed by atoms with Crippen LogP contribution in [0.5, 0.6) is 0 Å². The van der Waals surface area contributed by atoms with E-state index in [0.717, 1.165) is 54.9 Å². The first-order chi connectivity index (χ1) is 21.2. The van der Waals surface area contributed by atoms with Gasteiger partial charge in [0.25, 0.3) is 0 Å². The van der Waals surface area contributed by atoms with Gasteiger partial charge in [0.2, 0.25) is 0 Å². The molecule has 0 unspecified atom stereocenters. The lowest BCUT2D eigenvalue weighted by Gasteiger charge is -2.15. The van der Waals surface area contributed by atoms with Gasteiger partial charge in [0, 0.05) is 16.2 Å². The van der Waals surface area contributed by atoms with Gasteiger partial charge >= 0.3 is 0 Å². The summed E-state index contributed by atoms with van der Waals surface area (Å²) in [7, 11) is 0. The first kappa shape index (κ1) is 26.1. The van der Waals surface area contributed by atoms with Gasteiger partial charge in [-0.2, -0.15) is 5.26 Å². The number of rotatable bonds is 4. The zero-order valence-electron chi connectivity index (χ0n) is 23.9. The smallest absolute Gasteiger partial charge is 0.0991 e. The van der Waals surface area contributed by atoms with E-state index in [1.807, 2.05) is 30.3 Å².